The Labute approximate surface area is 99.7 Å². The van der Waals surface area contributed by atoms with Gasteiger partial charge in [-0.15, -0.1) is 0 Å². The summed E-state index contributed by atoms with van der Waals surface area (Å²) in [5.74, 6) is -1.05. The lowest BCUT2D eigenvalue weighted by Crippen LogP contribution is -2.36. The fourth-order valence-corrected chi connectivity index (χ4v) is 1.91. The van der Waals surface area contributed by atoms with Gasteiger partial charge in [0.15, 0.2) is 11.5 Å². The zero-order chi connectivity index (χ0) is 12.3. The number of benzene rings is 1. The Kier molecular flexibility index (Phi) is 3.71. The van der Waals surface area contributed by atoms with Crippen molar-refractivity contribution in [2.45, 2.75) is 25.4 Å². The predicted molar refractivity (Wildman–Crippen MR) is 62.1 cm³/mol. The first kappa shape index (κ1) is 12.0. The molecule has 0 spiro atoms. The van der Waals surface area contributed by atoms with E-state index < -0.39 is 5.75 Å². The Bertz CT molecular complexity index is 388. The summed E-state index contributed by atoms with van der Waals surface area (Å²) in [5, 5.41) is 31.4. The summed E-state index contributed by atoms with van der Waals surface area (Å²) in [7, 11) is 0. The molecular weight excluding hydrogens is 222 g/mol. The molecule has 5 heteroatoms. The van der Waals surface area contributed by atoms with Crippen molar-refractivity contribution in [3.05, 3.63) is 17.7 Å². The molecule has 1 saturated heterocycles. The molecule has 0 aromatic heterocycles. The molecule has 17 heavy (non-hydrogen) atoms. The first-order chi connectivity index (χ1) is 8.18. The van der Waals surface area contributed by atoms with E-state index in [1.54, 1.807) is 6.07 Å². The van der Waals surface area contributed by atoms with Gasteiger partial charge in [0, 0.05) is 24.8 Å². The zero-order valence-corrected chi connectivity index (χ0v) is 9.52. The van der Waals surface area contributed by atoms with Gasteiger partial charge in [-0.25, -0.2) is 0 Å². The van der Waals surface area contributed by atoms with Gasteiger partial charge in [0.1, 0.15) is 0 Å². The maximum absolute atomic E-state index is 9.63. The Morgan fingerprint density at radius 3 is 2.76 bits per heavy atom. The molecule has 2 rings (SSSR count). The SMILES string of the molecule is Oc1ccc(CNC2CCCOC2)c(O)c1O. The smallest absolute Gasteiger partial charge is 0.200 e. The van der Waals surface area contributed by atoms with Crippen molar-refractivity contribution >= 4 is 0 Å². The van der Waals surface area contributed by atoms with Crippen molar-refractivity contribution in [1.29, 1.82) is 0 Å². The summed E-state index contributed by atoms with van der Waals surface area (Å²) in [5.41, 5.74) is 0.561. The fourth-order valence-electron chi connectivity index (χ4n) is 1.91. The van der Waals surface area contributed by atoms with E-state index >= 15 is 0 Å². The molecule has 0 bridgehead atoms. The second-order valence-corrected chi connectivity index (χ2v) is 4.24. The third kappa shape index (κ3) is 2.81. The Morgan fingerprint density at radius 1 is 1.24 bits per heavy atom. The molecule has 0 aliphatic carbocycles. The van der Waals surface area contributed by atoms with Crippen LogP contribution in [0.5, 0.6) is 17.2 Å². The predicted octanol–water partition coefficient (Wildman–Crippen LogP) is 1.07. The van der Waals surface area contributed by atoms with Gasteiger partial charge in [0.05, 0.1) is 6.61 Å². The monoisotopic (exact) mass is 239 g/mol. The van der Waals surface area contributed by atoms with E-state index in [4.69, 9.17) is 4.74 Å². The highest BCUT2D eigenvalue weighted by Gasteiger charge is 2.15. The van der Waals surface area contributed by atoms with Crippen LogP contribution in [-0.2, 0) is 11.3 Å². The molecule has 94 valence electrons. The first-order valence-corrected chi connectivity index (χ1v) is 5.72. The molecule has 4 N–H and O–H groups in total. The van der Waals surface area contributed by atoms with Gasteiger partial charge < -0.3 is 25.4 Å². The third-order valence-electron chi connectivity index (χ3n) is 2.95. The molecule has 1 fully saturated rings. The zero-order valence-electron chi connectivity index (χ0n) is 9.52. The number of aromatic hydroxyl groups is 3. The molecule has 5 nitrogen and oxygen atoms in total. The van der Waals surface area contributed by atoms with Gasteiger partial charge in [-0.2, -0.15) is 0 Å². The minimum Gasteiger partial charge on any atom is -0.504 e. The highest BCUT2D eigenvalue weighted by Crippen LogP contribution is 2.36. The van der Waals surface area contributed by atoms with E-state index in [1.165, 1.54) is 6.07 Å². The van der Waals surface area contributed by atoms with Gasteiger partial charge in [0.2, 0.25) is 5.75 Å². The van der Waals surface area contributed by atoms with Crippen molar-refractivity contribution in [1.82, 2.24) is 5.32 Å². The topological polar surface area (TPSA) is 82.0 Å². The number of rotatable bonds is 3. The van der Waals surface area contributed by atoms with E-state index in [-0.39, 0.29) is 17.5 Å². The molecule has 1 aromatic rings. The molecule has 1 unspecified atom stereocenters. The van der Waals surface area contributed by atoms with Crippen molar-refractivity contribution in [3.8, 4) is 17.2 Å². The number of hydrogen-bond acceptors (Lipinski definition) is 5. The maximum Gasteiger partial charge on any atom is 0.200 e. The molecular formula is C12H17NO4. The largest absolute Gasteiger partial charge is 0.504 e. The minimum atomic E-state index is -0.468. The normalized spacial score (nSPS) is 20.4. The summed E-state index contributed by atoms with van der Waals surface area (Å²) < 4.78 is 5.33. The fraction of sp³-hybridized carbons (Fsp3) is 0.500. The van der Waals surface area contributed by atoms with Gasteiger partial charge in [0.25, 0.3) is 0 Å². The summed E-state index contributed by atoms with van der Waals surface area (Å²) >= 11 is 0. The second-order valence-electron chi connectivity index (χ2n) is 4.24. The van der Waals surface area contributed by atoms with Gasteiger partial charge in [-0.3, -0.25) is 0 Å². The molecule has 1 atom stereocenters. The van der Waals surface area contributed by atoms with Crippen molar-refractivity contribution < 1.29 is 20.1 Å². The van der Waals surface area contributed by atoms with Crippen LogP contribution in [0.2, 0.25) is 0 Å². The van der Waals surface area contributed by atoms with Crippen LogP contribution in [0, 0.1) is 0 Å². The number of phenols is 3. The van der Waals surface area contributed by atoms with Crippen molar-refractivity contribution in [2.75, 3.05) is 13.2 Å². The number of phenolic OH excluding ortho intramolecular Hbond substituents is 3. The average Bonchev–Trinajstić information content (AvgIpc) is 2.36. The van der Waals surface area contributed by atoms with Crippen molar-refractivity contribution in [3.63, 3.8) is 0 Å². The summed E-state index contributed by atoms with van der Waals surface area (Å²) in [6.45, 7) is 1.92. The molecule has 1 heterocycles. The van der Waals surface area contributed by atoms with E-state index in [0.717, 1.165) is 19.4 Å². The van der Waals surface area contributed by atoms with Gasteiger partial charge in [-0.1, -0.05) is 6.07 Å². The molecule has 1 aliphatic rings. The summed E-state index contributed by atoms with van der Waals surface area (Å²) in [6.07, 6.45) is 2.08. The van der Waals surface area contributed by atoms with Crippen molar-refractivity contribution in [2.24, 2.45) is 0 Å². The lowest BCUT2D eigenvalue weighted by Gasteiger charge is -2.23. The Morgan fingerprint density at radius 2 is 2.06 bits per heavy atom. The summed E-state index contributed by atoms with van der Waals surface area (Å²) in [6, 6.07) is 3.23. The van der Waals surface area contributed by atoms with Crippen LogP contribution in [-0.4, -0.2) is 34.6 Å². The molecule has 1 aliphatic heterocycles. The minimum absolute atomic E-state index is 0.269. The van der Waals surface area contributed by atoms with E-state index in [1.807, 2.05) is 0 Å². The maximum atomic E-state index is 9.63. The van der Waals surface area contributed by atoms with Crippen LogP contribution in [0.15, 0.2) is 12.1 Å². The molecule has 0 amide bonds. The van der Waals surface area contributed by atoms with Crippen LogP contribution < -0.4 is 5.32 Å². The highest BCUT2D eigenvalue weighted by molar-refractivity contribution is 5.52. The van der Waals surface area contributed by atoms with Crippen LogP contribution in [0.4, 0.5) is 0 Å². The quantitative estimate of drug-likeness (QED) is 0.593. The van der Waals surface area contributed by atoms with Crippen LogP contribution in [0.25, 0.3) is 0 Å². The second kappa shape index (κ2) is 5.25. The van der Waals surface area contributed by atoms with Gasteiger partial charge >= 0.3 is 0 Å². The Hall–Kier alpha value is -1.46. The average molecular weight is 239 g/mol. The molecule has 0 saturated carbocycles. The highest BCUT2D eigenvalue weighted by atomic mass is 16.5. The number of ether oxygens (including phenoxy) is 1. The van der Waals surface area contributed by atoms with E-state index in [2.05, 4.69) is 5.32 Å². The van der Waals surface area contributed by atoms with Crippen LogP contribution in [0.3, 0.4) is 0 Å². The first-order valence-electron chi connectivity index (χ1n) is 5.72. The standard InChI is InChI=1S/C12H17NO4/c14-10-4-3-8(11(15)12(10)16)6-13-9-2-1-5-17-7-9/h3-4,9,13-16H,1-2,5-7H2. The van der Waals surface area contributed by atoms with Crippen LogP contribution >= 0.6 is 0 Å². The van der Waals surface area contributed by atoms with Gasteiger partial charge in [-0.05, 0) is 18.9 Å². The summed E-state index contributed by atoms with van der Waals surface area (Å²) in [4.78, 5) is 0. The van der Waals surface area contributed by atoms with Crippen LogP contribution in [0.1, 0.15) is 18.4 Å². The third-order valence-corrected chi connectivity index (χ3v) is 2.95. The van der Waals surface area contributed by atoms with E-state index in [0.29, 0.717) is 18.7 Å². The van der Waals surface area contributed by atoms with E-state index in [9.17, 15) is 15.3 Å². The Balaban J connectivity index is 1.96. The number of nitrogens with one attached hydrogen (secondary N) is 1. The lowest BCUT2D eigenvalue weighted by atomic mass is 10.1. The lowest BCUT2D eigenvalue weighted by molar-refractivity contribution is 0.0698. The molecule has 0 radical (unpaired) electrons. The molecule has 1 aromatic carbocycles. The number of hydrogen-bond donors (Lipinski definition) is 4.